The zero-order valence-electron chi connectivity index (χ0n) is 16.7. The van der Waals surface area contributed by atoms with Crippen molar-refractivity contribution in [3.63, 3.8) is 0 Å². The lowest BCUT2D eigenvalue weighted by atomic mass is 10.2. The minimum absolute atomic E-state index is 0.102. The van der Waals surface area contributed by atoms with Gasteiger partial charge in [-0.25, -0.2) is 18.5 Å². The van der Waals surface area contributed by atoms with Crippen molar-refractivity contribution in [3.8, 4) is 6.07 Å². The molecule has 2 amide bonds. The van der Waals surface area contributed by atoms with E-state index in [1.165, 1.54) is 53.5 Å². The average molecular weight is 468 g/mol. The summed E-state index contributed by atoms with van der Waals surface area (Å²) in [6.45, 7) is 1.42. The van der Waals surface area contributed by atoms with Crippen LogP contribution in [0.3, 0.4) is 0 Å². The molecule has 32 heavy (non-hydrogen) atoms. The number of primary sulfonamides is 1. The number of nitrogens with zero attached hydrogens (tertiary/aromatic N) is 3. The van der Waals surface area contributed by atoms with Crippen LogP contribution in [0.5, 0.6) is 0 Å². The highest BCUT2D eigenvalue weighted by molar-refractivity contribution is 7.89. The average Bonchev–Trinajstić information content (AvgIpc) is 3.20. The Morgan fingerprint density at radius 1 is 1.16 bits per heavy atom. The summed E-state index contributed by atoms with van der Waals surface area (Å²) in [6, 6.07) is 16.0. The monoisotopic (exact) mass is 467 g/mol. The molecule has 0 saturated carbocycles. The second kappa shape index (κ2) is 9.52. The third-order valence-corrected chi connectivity index (χ3v) is 5.90. The van der Waals surface area contributed by atoms with E-state index in [0.717, 1.165) is 0 Å². The van der Waals surface area contributed by atoms with Crippen LogP contribution in [0.4, 0.5) is 16.5 Å². The number of hydrogen-bond donors (Lipinski definition) is 2. The molecule has 0 saturated heterocycles. The molecule has 0 spiro atoms. The summed E-state index contributed by atoms with van der Waals surface area (Å²) in [5.41, 5.74) is 1.05. The molecular weight excluding hydrogens is 450 g/mol. The van der Waals surface area contributed by atoms with Gasteiger partial charge in [-0.15, -0.1) is 11.3 Å². The first-order valence-electron chi connectivity index (χ1n) is 9.06. The number of sulfonamides is 1. The molecule has 0 bridgehead atoms. The van der Waals surface area contributed by atoms with E-state index in [4.69, 9.17) is 5.14 Å². The van der Waals surface area contributed by atoms with E-state index in [0.29, 0.717) is 16.5 Å². The van der Waals surface area contributed by atoms with Gasteiger partial charge in [0, 0.05) is 18.0 Å². The van der Waals surface area contributed by atoms with Crippen LogP contribution in [-0.2, 0) is 19.6 Å². The lowest BCUT2D eigenvalue weighted by molar-refractivity contribution is -0.116. The predicted octanol–water partition coefficient (Wildman–Crippen LogP) is 3.02. The Morgan fingerprint density at radius 3 is 2.38 bits per heavy atom. The Labute approximate surface area is 188 Å². The molecule has 0 radical (unpaired) electrons. The molecule has 0 atom stereocenters. The van der Waals surface area contributed by atoms with E-state index in [9.17, 15) is 23.3 Å². The van der Waals surface area contributed by atoms with Gasteiger partial charge in [-0.05, 0) is 42.5 Å². The van der Waals surface area contributed by atoms with Crippen molar-refractivity contribution in [1.82, 2.24) is 4.98 Å². The molecule has 0 aliphatic heterocycles. The first-order valence-corrected chi connectivity index (χ1v) is 11.5. The third kappa shape index (κ3) is 5.44. The normalized spacial score (nSPS) is 11.5. The van der Waals surface area contributed by atoms with Crippen LogP contribution in [0.15, 0.2) is 70.4 Å². The highest BCUT2D eigenvalue weighted by atomic mass is 32.2. The minimum Gasteiger partial charge on any atom is -0.321 e. The van der Waals surface area contributed by atoms with E-state index in [1.54, 1.807) is 29.6 Å². The number of hydrogen-bond acceptors (Lipinski definition) is 7. The van der Waals surface area contributed by atoms with Gasteiger partial charge >= 0.3 is 0 Å². The van der Waals surface area contributed by atoms with Gasteiger partial charge < -0.3 is 5.32 Å². The summed E-state index contributed by atoms with van der Waals surface area (Å²) >= 11 is 1.19. The van der Waals surface area contributed by atoms with Crippen molar-refractivity contribution in [3.05, 3.63) is 71.2 Å². The number of rotatable bonds is 6. The van der Waals surface area contributed by atoms with Crippen molar-refractivity contribution in [2.45, 2.75) is 11.8 Å². The summed E-state index contributed by atoms with van der Waals surface area (Å²) in [5, 5.41) is 19.0. The summed E-state index contributed by atoms with van der Waals surface area (Å²) in [4.78, 5) is 30.3. The maximum Gasteiger partial charge on any atom is 0.266 e. The van der Waals surface area contributed by atoms with E-state index in [1.807, 2.05) is 12.1 Å². The van der Waals surface area contributed by atoms with Gasteiger partial charge in [0.15, 0.2) is 5.13 Å². The second-order valence-electron chi connectivity index (χ2n) is 6.44. The third-order valence-electron chi connectivity index (χ3n) is 4.13. The molecule has 0 aliphatic carbocycles. The molecule has 1 aromatic heterocycles. The first-order chi connectivity index (χ1) is 15.2. The van der Waals surface area contributed by atoms with Crippen LogP contribution >= 0.6 is 11.3 Å². The van der Waals surface area contributed by atoms with Gasteiger partial charge in [0.05, 0.1) is 16.3 Å². The van der Waals surface area contributed by atoms with E-state index >= 15 is 0 Å². The van der Waals surface area contributed by atoms with Crippen LogP contribution in [0, 0.1) is 11.3 Å². The quantitative estimate of drug-likeness (QED) is 0.421. The molecule has 162 valence electrons. The molecule has 2 aromatic carbocycles. The fourth-order valence-electron chi connectivity index (χ4n) is 2.67. The number of amides is 2. The number of nitriles is 1. The number of nitrogens with one attached hydrogen (secondary N) is 1. The Balaban J connectivity index is 1.81. The van der Waals surface area contributed by atoms with Crippen molar-refractivity contribution in [2.75, 3.05) is 10.2 Å². The Morgan fingerprint density at radius 2 is 1.81 bits per heavy atom. The highest BCUT2D eigenvalue weighted by Crippen LogP contribution is 2.29. The van der Waals surface area contributed by atoms with Gasteiger partial charge in [-0.2, -0.15) is 5.26 Å². The number of para-hydroxylation sites is 1. The van der Waals surface area contributed by atoms with E-state index in [2.05, 4.69) is 10.3 Å². The number of carbonyl (C=O) groups is 2. The van der Waals surface area contributed by atoms with Gasteiger partial charge in [0.2, 0.25) is 15.9 Å². The molecule has 9 nitrogen and oxygen atoms in total. The fourth-order valence-corrected chi connectivity index (χ4v) is 4.03. The Kier molecular flexibility index (Phi) is 6.79. The maximum atomic E-state index is 12.5. The van der Waals surface area contributed by atoms with Crippen LogP contribution in [0.25, 0.3) is 6.08 Å². The maximum absolute atomic E-state index is 12.5. The molecule has 3 N–H and O–H groups in total. The number of benzene rings is 2. The SMILES string of the molecule is CC(=O)N(c1ccccc1)c1nc(/C=C(/C#N)C(=O)Nc2ccc(S(N)(=O)=O)cc2)cs1. The first kappa shape index (κ1) is 22.8. The Bertz CT molecular complexity index is 1320. The van der Waals surface area contributed by atoms with Crippen molar-refractivity contribution < 1.29 is 18.0 Å². The zero-order chi connectivity index (χ0) is 23.3. The number of carbonyl (C=O) groups excluding carboxylic acids is 2. The number of thiazole rings is 1. The van der Waals surface area contributed by atoms with Crippen LogP contribution < -0.4 is 15.4 Å². The van der Waals surface area contributed by atoms with Gasteiger partial charge in [-0.1, -0.05) is 18.2 Å². The molecule has 3 aromatic rings. The van der Waals surface area contributed by atoms with Crippen LogP contribution in [0.1, 0.15) is 12.6 Å². The number of nitrogens with two attached hydrogens (primary N) is 1. The van der Waals surface area contributed by atoms with Gasteiger partial charge in [0.1, 0.15) is 11.6 Å². The predicted molar refractivity (Wildman–Crippen MR) is 121 cm³/mol. The second-order valence-corrected chi connectivity index (χ2v) is 8.84. The molecule has 1 heterocycles. The van der Waals surface area contributed by atoms with Crippen LogP contribution in [-0.4, -0.2) is 25.2 Å². The summed E-state index contributed by atoms with van der Waals surface area (Å²) in [7, 11) is -3.85. The fraction of sp³-hybridized carbons (Fsp3) is 0.0476. The largest absolute Gasteiger partial charge is 0.321 e. The molecule has 3 rings (SSSR count). The summed E-state index contributed by atoms with van der Waals surface area (Å²) in [6.07, 6.45) is 1.30. The van der Waals surface area contributed by atoms with E-state index < -0.39 is 15.9 Å². The highest BCUT2D eigenvalue weighted by Gasteiger charge is 2.18. The lowest BCUT2D eigenvalue weighted by Crippen LogP contribution is -2.22. The smallest absolute Gasteiger partial charge is 0.266 e. The topological polar surface area (TPSA) is 146 Å². The summed E-state index contributed by atoms with van der Waals surface area (Å²) in [5.74, 6) is -0.931. The molecule has 0 unspecified atom stereocenters. The van der Waals surface area contributed by atoms with Gasteiger partial charge in [-0.3, -0.25) is 14.5 Å². The van der Waals surface area contributed by atoms with Crippen LogP contribution in [0.2, 0.25) is 0 Å². The van der Waals surface area contributed by atoms with E-state index in [-0.39, 0.29) is 22.1 Å². The molecule has 0 fully saturated rings. The molecule has 0 aliphatic rings. The lowest BCUT2D eigenvalue weighted by Gasteiger charge is -2.17. The Hall–Kier alpha value is -3.85. The molecule has 11 heteroatoms. The standard InChI is InChI=1S/C21H17N5O4S2/c1-14(27)26(18-5-3-2-4-6-18)21-25-17(13-31-21)11-15(12-22)20(28)24-16-7-9-19(10-8-16)32(23,29)30/h2-11,13H,1H3,(H,24,28)(H2,23,29,30)/b15-11-. The summed E-state index contributed by atoms with van der Waals surface area (Å²) < 4.78 is 22.6. The minimum atomic E-state index is -3.85. The van der Waals surface area contributed by atoms with Crippen molar-refractivity contribution >= 4 is 55.8 Å². The van der Waals surface area contributed by atoms with Gasteiger partial charge in [0.25, 0.3) is 5.91 Å². The number of aromatic nitrogens is 1. The molecular formula is C21H17N5O4S2. The van der Waals surface area contributed by atoms with Crippen molar-refractivity contribution in [2.24, 2.45) is 5.14 Å². The number of anilines is 3. The van der Waals surface area contributed by atoms with Crippen molar-refractivity contribution in [1.29, 1.82) is 5.26 Å². The zero-order valence-corrected chi connectivity index (χ0v) is 18.4.